The molecule has 0 aliphatic heterocycles. The lowest BCUT2D eigenvalue weighted by Gasteiger charge is -2.36. The molecule has 3 rings (SSSR count). The van der Waals surface area contributed by atoms with Crippen LogP contribution in [0.5, 0.6) is 0 Å². The highest BCUT2D eigenvalue weighted by Crippen LogP contribution is 2.47. The SMILES string of the molecule is CC(C)c1nc(-c2cnc(N)c(C(F)(F)F)c2)cn1C1CC(F)(F)C1. The van der Waals surface area contributed by atoms with Crippen LogP contribution < -0.4 is 5.73 Å². The highest BCUT2D eigenvalue weighted by Gasteiger charge is 2.47. The molecule has 1 fully saturated rings. The maximum atomic E-state index is 13.2. The molecule has 2 N–H and O–H groups in total. The summed E-state index contributed by atoms with van der Waals surface area (Å²) in [5.41, 5.74) is 4.67. The van der Waals surface area contributed by atoms with E-state index < -0.39 is 29.5 Å². The van der Waals surface area contributed by atoms with Crippen molar-refractivity contribution in [1.29, 1.82) is 0 Å². The number of rotatable bonds is 3. The molecular formula is C16H17F5N4. The number of alkyl halides is 5. The summed E-state index contributed by atoms with van der Waals surface area (Å²) < 4.78 is 67.0. The largest absolute Gasteiger partial charge is 0.419 e. The van der Waals surface area contributed by atoms with Crippen LogP contribution in [0, 0.1) is 0 Å². The number of aromatic nitrogens is 3. The molecule has 0 unspecified atom stereocenters. The molecule has 2 aromatic heterocycles. The maximum absolute atomic E-state index is 13.2. The van der Waals surface area contributed by atoms with Gasteiger partial charge in [-0.25, -0.2) is 18.7 Å². The van der Waals surface area contributed by atoms with Gasteiger partial charge in [-0.1, -0.05) is 13.8 Å². The zero-order valence-corrected chi connectivity index (χ0v) is 13.6. The van der Waals surface area contributed by atoms with Crippen molar-refractivity contribution in [2.75, 3.05) is 5.73 Å². The van der Waals surface area contributed by atoms with Crippen molar-refractivity contribution in [3.8, 4) is 11.3 Å². The molecule has 0 atom stereocenters. The van der Waals surface area contributed by atoms with Gasteiger partial charge in [-0.3, -0.25) is 0 Å². The average Bonchev–Trinajstić information content (AvgIpc) is 2.89. The Balaban J connectivity index is 2.01. The molecule has 25 heavy (non-hydrogen) atoms. The van der Waals surface area contributed by atoms with Gasteiger partial charge in [0.05, 0.1) is 11.3 Å². The minimum absolute atomic E-state index is 0.0631. The van der Waals surface area contributed by atoms with E-state index in [1.54, 1.807) is 4.57 Å². The molecule has 9 heteroatoms. The first kappa shape index (κ1) is 17.6. The number of imidazole rings is 1. The fraction of sp³-hybridized carbons (Fsp3) is 0.500. The molecule has 0 bridgehead atoms. The van der Waals surface area contributed by atoms with Crippen molar-refractivity contribution in [3.63, 3.8) is 0 Å². The zero-order valence-electron chi connectivity index (χ0n) is 13.6. The number of nitrogens with zero attached hydrogens (tertiary/aromatic N) is 3. The van der Waals surface area contributed by atoms with Crippen LogP contribution in [0.15, 0.2) is 18.5 Å². The van der Waals surface area contributed by atoms with Crippen LogP contribution in [0.4, 0.5) is 27.8 Å². The molecule has 0 aromatic carbocycles. The van der Waals surface area contributed by atoms with Crippen molar-refractivity contribution in [1.82, 2.24) is 14.5 Å². The smallest absolute Gasteiger partial charge is 0.383 e. The Hall–Kier alpha value is -2.19. The number of nitrogens with two attached hydrogens (primary N) is 1. The quantitative estimate of drug-likeness (QED) is 0.812. The second-order valence-corrected chi connectivity index (χ2v) is 6.62. The van der Waals surface area contributed by atoms with E-state index in [1.807, 2.05) is 13.8 Å². The van der Waals surface area contributed by atoms with Crippen molar-refractivity contribution >= 4 is 5.82 Å². The predicted molar refractivity (Wildman–Crippen MR) is 82.2 cm³/mol. The molecule has 2 heterocycles. The monoisotopic (exact) mass is 360 g/mol. The Labute approximate surface area is 140 Å². The molecule has 136 valence electrons. The summed E-state index contributed by atoms with van der Waals surface area (Å²) in [4.78, 5) is 7.95. The van der Waals surface area contributed by atoms with Gasteiger partial charge in [0.25, 0.3) is 5.92 Å². The Morgan fingerprint density at radius 1 is 1.28 bits per heavy atom. The van der Waals surface area contributed by atoms with Gasteiger partial charge >= 0.3 is 6.18 Å². The third-order valence-electron chi connectivity index (χ3n) is 4.26. The topological polar surface area (TPSA) is 56.7 Å². The predicted octanol–water partition coefficient (Wildman–Crippen LogP) is 4.64. The molecule has 1 saturated carbocycles. The molecule has 0 saturated heterocycles. The number of nitrogen functional groups attached to an aromatic ring is 1. The normalized spacial score (nSPS) is 17.8. The second-order valence-electron chi connectivity index (χ2n) is 6.62. The van der Waals surface area contributed by atoms with E-state index in [-0.39, 0.29) is 30.0 Å². The highest BCUT2D eigenvalue weighted by molar-refractivity contribution is 5.62. The first-order chi connectivity index (χ1) is 11.5. The minimum atomic E-state index is -4.63. The number of hydrogen-bond acceptors (Lipinski definition) is 3. The van der Waals surface area contributed by atoms with Crippen LogP contribution in [-0.4, -0.2) is 20.5 Å². The molecule has 0 radical (unpaired) electrons. The average molecular weight is 360 g/mol. The summed E-state index contributed by atoms with van der Waals surface area (Å²) in [5.74, 6) is -2.82. The summed E-state index contributed by atoms with van der Waals surface area (Å²) in [6, 6.07) is 0.478. The van der Waals surface area contributed by atoms with Crippen molar-refractivity contribution in [3.05, 3.63) is 29.8 Å². The number of hydrogen-bond donors (Lipinski definition) is 1. The van der Waals surface area contributed by atoms with Gasteiger partial charge in [0.15, 0.2) is 0 Å². The first-order valence-electron chi connectivity index (χ1n) is 7.77. The van der Waals surface area contributed by atoms with E-state index in [9.17, 15) is 22.0 Å². The summed E-state index contributed by atoms with van der Waals surface area (Å²) in [6.45, 7) is 3.70. The standard InChI is InChI=1S/C16H17F5N4/c1-8(2)14-24-12(7-25(14)10-4-15(17,18)5-10)9-3-11(16(19,20)21)13(22)23-6-9/h3,6-8,10H,4-5H2,1-2H3,(H2,22,23). The fourth-order valence-electron chi connectivity index (χ4n) is 2.94. The van der Waals surface area contributed by atoms with E-state index in [0.717, 1.165) is 6.07 Å². The first-order valence-corrected chi connectivity index (χ1v) is 7.77. The van der Waals surface area contributed by atoms with Gasteiger partial charge < -0.3 is 10.3 Å². The molecule has 1 aliphatic carbocycles. The third kappa shape index (κ3) is 3.32. The van der Waals surface area contributed by atoms with Crippen molar-refractivity contribution < 1.29 is 22.0 Å². The van der Waals surface area contributed by atoms with E-state index >= 15 is 0 Å². The van der Waals surface area contributed by atoms with E-state index in [4.69, 9.17) is 5.73 Å². The van der Waals surface area contributed by atoms with Gasteiger partial charge in [-0.15, -0.1) is 0 Å². The van der Waals surface area contributed by atoms with Gasteiger partial charge in [-0.05, 0) is 6.07 Å². The number of halogens is 5. The van der Waals surface area contributed by atoms with Crippen LogP contribution in [0.1, 0.15) is 50.0 Å². The molecule has 1 aliphatic rings. The molecule has 0 spiro atoms. The van der Waals surface area contributed by atoms with Crippen LogP contribution in [0.25, 0.3) is 11.3 Å². The highest BCUT2D eigenvalue weighted by atomic mass is 19.4. The summed E-state index contributed by atoms with van der Waals surface area (Å²) in [7, 11) is 0. The zero-order chi connectivity index (χ0) is 18.6. The van der Waals surface area contributed by atoms with E-state index in [2.05, 4.69) is 9.97 Å². The summed E-state index contributed by atoms with van der Waals surface area (Å²) in [5, 5.41) is 0. The Kier molecular flexibility index (Phi) is 4.00. The Bertz CT molecular complexity index is 786. The van der Waals surface area contributed by atoms with Crippen LogP contribution in [-0.2, 0) is 6.18 Å². The molecule has 2 aromatic rings. The molecule has 0 amide bonds. The summed E-state index contributed by atoms with van der Waals surface area (Å²) in [6.07, 6.45) is -2.50. The second kappa shape index (κ2) is 5.67. The lowest BCUT2D eigenvalue weighted by Crippen LogP contribution is -2.37. The third-order valence-corrected chi connectivity index (χ3v) is 4.26. The maximum Gasteiger partial charge on any atom is 0.419 e. The fourth-order valence-corrected chi connectivity index (χ4v) is 2.94. The van der Waals surface area contributed by atoms with E-state index in [1.165, 1.54) is 12.4 Å². The van der Waals surface area contributed by atoms with Gasteiger partial charge in [0.1, 0.15) is 11.6 Å². The number of pyridine rings is 1. The van der Waals surface area contributed by atoms with Gasteiger partial charge in [-0.2, -0.15) is 13.2 Å². The molecular weight excluding hydrogens is 343 g/mol. The van der Waals surface area contributed by atoms with Crippen molar-refractivity contribution in [2.45, 2.75) is 50.7 Å². The van der Waals surface area contributed by atoms with Crippen LogP contribution in [0.2, 0.25) is 0 Å². The van der Waals surface area contributed by atoms with Gasteiger partial charge in [0.2, 0.25) is 0 Å². The summed E-state index contributed by atoms with van der Waals surface area (Å²) >= 11 is 0. The van der Waals surface area contributed by atoms with Gasteiger partial charge in [0, 0.05) is 42.8 Å². The lowest BCUT2D eigenvalue weighted by atomic mass is 9.87. The lowest BCUT2D eigenvalue weighted by molar-refractivity contribution is -0.137. The Morgan fingerprint density at radius 2 is 1.92 bits per heavy atom. The molecule has 4 nitrogen and oxygen atoms in total. The Morgan fingerprint density at radius 3 is 2.44 bits per heavy atom. The van der Waals surface area contributed by atoms with Crippen LogP contribution >= 0.6 is 0 Å². The number of anilines is 1. The van der Waals surface area contributed by atoms with E-state index in [0.29, 0.717) is 5.82 Å². The van der Waals surface area contributed by atoms with Crippen LogP contribution in [0.3, 0.4) is 0 Å². The van der Waals surface area contributed by atoms with Crippen molar-refractivity contribution in [2.24, 2.45) is 0 Å². The minimum Gasteiger partial charge on any atom is -0.383 e.